The number of hydrogen-bond acceptors (Lipinski definition) is 6. The Hall–Kier alpha value is -2.55. The van der Waals surface area contributed by atoms with Gasteiger partial charge in [-0.2, -0.15) is 5.10 Å². The minimum absolute atomic E-state index is 0.144. The fourth-order valence-electron chi connectivity index (χ4n) is 2.97. The molecule has 0 aliphatic rings. The van der Waals surface area contributed by atoms with E-state index >= 15 is 0 Å². The largest absolute Gasteiger partial charge is 0.341 e. The SMILES string of the molecule is Cc1c(C(=O)NC(CC(C)C)c2ncnn2C)sc2ncn(C)c(=O)c12. The van der Waals surface area contributed by atoms with Crippen molar-refractivity contribution >= 4 is 27.5 Å². The number of fused-ring (bicyclic) bond motifs is 1. The van der Waals surface area contributed by atoms with Crippen LogP contribution >= 0.6 is 11.3 Å². The number of aromatic nitrogens is 5. The summed E-state index contributed by atoms with van der Waals surface area (Å²) in [6, 6.07) is -0.254. The molecule has 0 aliphatic heterocycles. The number of amides is 1. The molecule has 8 nitrogen and oxygen atoms in total. The van der Waals surface area contributed by atoms with Crippen LogP contribution in [0.3, 0.4) is 0 Å². The second-order valence-electron chi connectivity index (χ2n) is 6.79. The number of thiophene rings is 1. The summed E-state index contributed by atoms with van der Waals surface area (Å²) in [5.41, 5.74) is 0.521. The van der Waals surface area contributed by atoms with Crippen molar-refractivity contribution in [2.24, 2.45) is 20.0 Å². The maximum absolute atomic E-state index is 12.9. The zero-order valence-electron chi connectivity index (χ0n) is 15.5. The molecule has 1 amide bonds. The van der Waals surface area contributed by atoms with Gasteiger partial charge in [-0.05, 0) is 24.8 Å². The van der Waals surface area contributed by atoms with E-state index in [4.69, 9.17) is 0 Å². The molecule has 0 aliphatic carbocycles. The molecule has 0 aromatic carbocycles. The third kappa shape index (κ3) is 3.26. The highest BCUT2D eigenvalue weighted by Gasteiger charge is 2.24. The van der Waals surface area contributed by atoms with Gasteiger partial charge in [0.2, 0.25) is 0 Å². The predicted molar refractivity (Wildman–Crippen MR) is 100 cm³/mol. The van der Waals surface area contributed by atoms with E-state index in [0.717, 1.165) is 6.42 Å². The molecule has 0 fully saturated rings. The van der Waals surface area contributed by atoms with Crippen molar-refractivity contribution in [3.8, 4) is 0 Å². The normalized spacial score (nSPS) is 12.7. The van der Waals surface area contributed by atoms with Gasteiger partial charge in [0.25, 0.3) is 11.5 Å². The molecule has 3 heterocycles. The van der Waals surface area contributed by atoms with Crippen LogP contribution < -0.4 is 10.9 Å². The molecule has 3 rings (SSSR count). The standard InChI is InChI=1S/C17H22N6O2S/c1-9(2)6-11(14-18-7-20-23(14)5)21-15(24)13-10(3)12-16(26-13)19-8-22(4)17(12)25/h7-9,11H,6H2,1-5H3,(H,21,24). The van der Waals surface area contributed by atoms with Gasteiger partial charge in [0.05, 0.1) is 22.6 Å². The topological polar surface area (TPSA) is 94.7 Å². The van der Waals surface area contributed by atoms with Gasteiger partial charge in [0, 0.05) is 14.1 Å². The highest BCUT2D eigenvalue weighted by molar-refractivity contribution is 7.20. The quantitative estimate of drug-likeness (QED) is 0.736. The highest BCUT2D eigenvalue weighted by Crippen LogP contribution is 2.28. The van der Waals surface area contributed by atoms with E-state index in [1.54, 1.807) is 25.7 Å². The van der Waals surface area contributed by atoms with Gasteiger partial charge < -0.3 is 9.88 Å². The molecular formula is C17H22N6O2S. The Morgan fingerprint density at radius 3 is 2.65 bits per heavy atom. The van der Waals surface area contributed by atoms with Crippen molar-refractivity contribution in [3.05, 3.63) is 39.3 Å². The van der Waals surface area contributed by atoms with Crippen LogP contribution in [0.5, 0.6) is 0 Å². The third-order valence-electron chi connectivity index (χ3n) is 4.29. The maximum Gasteiger partial charge on any atom is 0.262 e. The van der Waals surface area contributed by atoms with E-state index in [1.165, 1.54) is 28.6 Å². The Morgan fingerprint density at radius 2 is 2.04 bits per heavy atom. The summed E-state index contributed by atoms with van der Waals surface area (Å²) in [4.78, 5) is 34.9. The molecule has 1 unspecified atom stereocenters. The molecule has 0 saturated carbocycles. The van der Waals surface area contributed by atoms with Crippen LogP contribution in [-0.2, 0) is 14.1 Å². The molecule has 0 saturated heterocycles. The first-order valence-electron chi connectivity index (χ1n) is 8.39. The Kier molecular flexibility index (Phi) is 4.90. The number of carbonyl (C=O) groups is 1. The van der Waals surface area contributed by atoms with Gasteiger partial charge >= 0.3 is 0 Å². The van der Waals surface area contributed by atoms with Gasteiger partial charge in [-0.1, -0.05) is 13.8 Å². The Bertz CT molecular complexity index is 1020. The van der Waals surface area contributed by atoms with E-state index in [0.29, 0.717) is 32.4 Å². The summed E-state index contributed by atoms with van der Waals surface area (Å²) in [6.07, 6.45) is 3.69. The third-order valence-corrected chi connectivity index (χ3v) is 5.49. The van der Waals surface area contributed by atoms with Crippen LogP contribution in [0.4, 0.5) is 0 Å². The van der Waals surface area contributed by atoms with E-state index in [2.05, 4.69) is 34.2 Å². The van der Waals surface area contributed by atoms with Crippen molar-refractivity contribution in [2.45, 2.75) is 33.2 Å². The molecule has 138 valence electrons. The summed E-state index contributed by atoms with van der Waals surface area (Å²) >= 11 is 1.24. The second kappa shape index (κ2) is 6.99. The summed E-state index contributed by atoms with van der Waals surface area (Å²) in [5.74, 6) is 0.857. The van der Waals surface area contributed by atoms with Crippen LogP contribution in [0.1, 0.15) is 47.4 Å². The Morgan fingerprint density at radius 1 is 1.31 bits per heavy atom. The van der Waals surface area contributed by atoms with Gasteiger partial charge in [0.1, 0.15) is 17.0 Å². The molecule has 3 aromatic rings. The second-order valence-corrected chi connectivity index (χ2v) is 7.79. The van der Waals surface area contributed by atoms with E-state index in [-0.39, 0.29) is 17.5 Å². The van der Waals surface area contributed by atoms with Crippen LogP contribution in [0, 0.1) is 12.8 Å². The van der Waals surface area contributed by atoms with E-state index in [9.17, 15) is 9.59 Å². The van der Waals surface area contributed by atoms with Crippen LogP contribution in [0.15, 0.2) is 17.4 Å². The zero-order chi connectivity index (χ0) is 19.0. The molecule has 0 spiro atoms. The van der Waals surface area contributed by atoms with Crippen molar-refractivity contribution in [1.82, 2.24) is 29.6 Å². The molecule has 9 heteroatoms. The monoisotopic (exact) mass is 374 g/mol. The lowest BCUT2D eigenvalue weighted by atomic mass is 10.0. The van der Waals surface area contributed by atoms with E-state index in [1.807, 2.05) is 0 Å². The molecule has 0 radical (unpaired) electrons. The molecule has 1 atom stereocenters. The molecule has 3 aromatic heterocycles. The zero-order valence-corrected chi connectivity index (χ0v) is 16.3. The summed E-state index contributed by atoms with van der Waals surface area (Å²) < 4.78 is 3.09. The van der Waals surface area contributed by atoms with Crippen LogP contribution in [0.25, 0.3) is 10.2 Å². The van der Waals surface area contributed by atoms with Crippen LogP contribution in [-0.4, -0.2) is 30.2 Å². The lowest BCUT2D eigenvalue weighted by Gasteiger charge is -2.19. The number of aryl methyl sites for hydroxylation is 3. The Labute approximate surface area is 154 Å². The summed E-state index contributed by atoms with van der Waals surface area (Å²) in [6.45, 7) is 5.97. The number of hydrogen-bond donors (Lipinski definition) is 1. The number of nitrogens with one attached hydrogen (secondary N) is 1. The van der Waals surface area contributed by atoms with E-state index < -0.39 is 0 Å². The first kappa shape index (κ1) is 18.2. The van der Waals surface area contributed by atoms with Crippen LogP contribution in [0.2, 0.25) is 0 Å². The van der Waals surface area contributed by atoms with Crippen molar-refractivity contribution < 1.29 is 4.79 Å². The summed E-state index contributed by atoms with van der Waals surface area (Å²) in [5, 5.41) is 7.66. The lowest BCUT2D eigenvalue weighted by Crippen LogP contribution is -2.31. The minimum atomic E-state index is -0.254. The highest BCUT2D eigenvalue weighted by atomic mass is 32.1. The van der Waals surface area contributed by atoms with Gasteiger partial charge in [-0.15, -0.1) is 11.3 Å². The fourth-order valence-corrected chi connectivity index (χ4v) is 4.01. The maximum atomic E-state index is 12.9. The number of nitrogens with zero attached hydrogens (tertiary/aromatic N) is 5. The number of carbonyl (C=O) groups excluding carboxylic acids is 1. The predicted octanol–water partition coefficient (Wildman–Crippen LogP) is 1.95. The van der Waals surface area contributed by atoms with Gasteiger partial charge in [0.15, 0.2) is 0 Å². The fraction of sp³-hybridized carbons (Fsp3) is 0.471. The van der Waals surface area contributed by atoms with Gasteiger partial charge in [-0.3, -0.25) is 14.3 Å². The van der Waals surface area contributed by atoms with Crippen molar-refractivity contribution in [3.63, 3.8) is 0 Å². The first-order valence-corrected chi connectivity index (χ1v) is 9.20. The smallest absolute Gasteiger partial charge is 0.262 e. The van der Waals surface area contributed by atoms with Gasteiger partial charge in [-0.25, -0.2) is 9.97 Å². The lowest BCUT2D eigenvalue weighted by molar-refractivity contribution is 0.0932. The average Bonchev–Trinajstić information content (AvgIpc) is 3.14. The minimum Gasteiger partial charge on any atom is -0.341 e. The molecule has 0 bridgehead atoms. The molecule has 1 N–H and O–H groups in total. The van der Waals surface area contributed by atoms with Crippen molar-refractivity contribution in [1.29, 1.82) is 0 Å². The first-order chi connectivity index (χ1) is 12.3. The summed E-state index contributed by atoms with van der Waals surface area (Å²) in [7, 11) is 3.46. The average molecular weight is 374 g/mol. The Balaban J connectivity index is 1.97. The number of rotatable bonds is 5. The molecular weight excluding hydrogens is 352 g/mol. The van der Waals surface area contributed by atoms with Crippen molar-refractivity contribution in [2.75, 3.05) is 0 Å². The molecule has 26 heavy (non-hydrogen) atoms.